The SMILES string of the molecule is O=C1CC(NC(=O)c2ccc(F)c(F)c2F)C(=O)N1. The predicted molar refractivity (Wildman–Crippen MR) is 55.3 cm³/mol. The molecule has 3 amide bonds. The molecule has 1 aliphatic heterocycles. The van der Waals surface area contributed by atoms with Gasteiger partial charge in [0, 0.05) is 0 Å². The summed E-state index contributed by atoms with van der Waals surface area (Å²) in [5.41, 5.74) is -0.744. The van der Waals surface area contributed by atoms with E-state index in [9.17, 15) is 27.6 Å². The Labute approximate surface area is 104 Å². The Morgan fingerprint density at radius 3 is 2.47 bits per heavy atom. The van der Waals surface area contributed by atoms with Gasteiger partial charge < -0.3 is 5.32 Å². The van der Waals surface area contributed by atoms with E-state index in [-0.39, 0.29) is 6.42 Å². The van der Waals surface area contributed by atoms with Crippen LogP contribution in [0.25, 0.3) is 0 Å². The third-order valence-electron chi connectivity index (χ3n) is 2.55. The zero-order valence-electron chi connectivity index (χ0n) is 9.30. The van der Waals surface area contributed by atoms with Gasteiger partial charge in [0.25, 0.3) is 5.91 Å². The van der Waals surface area contributed by atoms with Crippen molar-refractivity contribution >= 4 is 17.7 Å². The zero-order chi connectivity index (χ0) is 14.2. The molecule has 0 aromatic heterocycles. The number of nitrogens with one attached hydrogen (secondary N) is 2. The lowest BCUT2D eigenvalue weighted by atomic mass is 10.1. The van der Waals surface area contributed by atoms with Crippen molar-refractivity contribution in [2.45, 2.75) is 12.5 Å². The maximum Gasteiger partial charge on any atom is 0.255 e. The van der Waals surface area contributed by atoms with Gasteiger partial charge >= 0.3 is 0 Å². The van der Waals surface area contributed by atoms with Gasteiger partial charge in [-0.2, -0.15) is 0 Å². The maximum atomic E-state index is 13.3. The smallest absolute Gasteiger partial charge is 0.255 e. The van der Waals surface area contributed by atoms with Crippen LogP contribution in [0.15, 0.2) is 12.1 Å². The molecule has 1 aromatic rings. The fraction of sp³-hybridized carbons (Fsp3) is 0.182. The Morgan fingerprint density at radius 1 is 1.21 bits per heavy atom. The van der Waals surface area contributed by atoms with Crippen molar-refractivity contribution in [3.8, 4) is 0 Å². The number of carbonyl (C=O) groups is 3. The molecule has 0 saturated carbocycles. The molecule has 0 bridgehead atoms. The van der Waals surface area contributed by atoms with Crippen molar-refractivity contribution in [2.24, 2.45) is 0 Å². The first-order chi connectivity index (χ1) is 8.90. The highest BCUT2D eigenvalue weighted by atomic mass is 19.2. The number of benzene rings is 1. The fourth-order valence-electron chi connectivity index (χ4n) is 1.61. The van der Waals surface area contributed by atoms with Gasteiger partial charge in [-0.1, -0.05) is 0 Å². The van der Waals surface area contributed by atoms with E-state index in [1.807, 2.05) is 5.32 Å². The molecule has 0 aliphatic carbocycles. The second kappa shape index (κ2) is 4.71. The molecule has 2 N–H and O–H groups in total. The van der Waals surface area contributed by atoms with Crippen molar-refractivity contribution in [3.63, 3.8) is 0 Å². The summed E-state index contributed by atoms with van der Waals surface area (Å²) < 4.78 is 38.9. The summed E-state index contributed by atoms with van der Waals surface area (Å²) in [6.07, 6.45) is -0.282. The van der Waals surface area contributed by atoms with Crippen molar-refractivity contribution in [1.29, 1.82) is 0 Å². The lowest BCUT2D eigenvalue weighted by Gasteiger charge is -2.10. The fourth-order valence-corrected chi connectivity index (χ4v) is 1.61. The predicted octanol–water partition coefficient (Wildman–Crippen LogP) is 0.249. The van der Waals surface area contributed by atoms with Crippen molar-refractivity contribution in [3.05, 3.63) is 35.1 Å². The van der Waals surface area contributed by atoms with E-state index in [0.717, 1.165) is 6.07 Å². The third-order valence-corrected chi connectivity index (χ3v) is 2.55. The van der Waals surface area contributed by atoms with Crippen LogP contribution in [0.3, 0.4) is 0 Å². The van der Waals surface area contributed by atoms with E-state index in [2.05, 4.69) is 5.32 Å². The third kappa shape index (κ3) is 2.42. The zero-order valence-corrected chi connectivity index (χ0v) is 9.30. The summed E-state index contributed by atoms with van der Waals surface area (Å²) in [6, 6.07) is 0.192. The number of hydrogen-bond donors (Lipinski definition) is 2. The Hall–Kier alpha value is -2.38. The number of amides is 3. The number of halogens is 3. The molecule has 1 aromatic carbocycles. The monoisotopic (exact) mass is 272 g/mol. The number of carbonyl (C=O) groups excluding carboxylic acids is 3. The van der Waals surface area contributed by atoms with Gasteiger partial charge in [0.2, 0.25) is 11.8 Å². The molecule has 0 radical (unpaired) electrons. The van der Waals surface area contributed by atoms with Crippen LogP contribution >= 0.6 is 0 Å². The molecule has 1 saturated heterocycles. The first-order valence-electron chi connectivity index (χ1n) is 5.18. The summed E-state index contributed by atoms with van der Waals surface area (Å²) in [5.74, 6) is -7.28. The van der Waals surface area contributed by atoms with Gasteiger partial charge in [-0.15, -0.1) is 0 Å². The summed E-state index contributed by atoms with van der Waals surface area (Å²) in [4.78, 5) is 33.7. The Morgan fingerprint density at radius 2 is 1.89 bits per heavy atom. The lowest BCUT2D eigenvalue weighted by molar-refractivity contribution is -0.125. The van der Waals surface area contributed by atoms with E-state index in [1.165, 1.54) is 0 Å². The summed E-state index contributed by atoms with van der Waals surface area (Å²) in [6.45, 7) is 0. The molecule has 19 heavy (non-hydrogen) atoms. The molecule has 0 spiro atoms. The molecule has 2 rings (SSSR count). The minimum absolute atomic E-state index is 0.282. The second-order valence-corrected chi connectivity index (χ2v) is 3.87. The lowest BCUT2D eigenvalue weighted by Crippen LogP contribution is -2.40. The standard InChI is InChI=1S/C11H7F3N2O3/c12-5-2-1-4(8(13)9(5)14)10(18)15-6-3-7(17)16-11(6)19/h1-2,6H,3H2,(H,15,18)(H,16,17,19). The summed E-state index contributed by atoms with van der Waals surface area (Å²) in [7, 11) is 0. The van der Waals surface area contributed by atoms with E-state index >= 15 is 0 Å². The van der Waals surface area contributed by atoms with Crippen LogP contribution in [0.2, 0.25) is 0 Å². The van der Waals surface area contributed by atoms with Gasteiger partial charge in [-0.25, -0.2) is 13.2 Å². The normalized spacial score (nSPS) is 18.4. The van der Waals surface area contributed by atoms with Gasteiger partial charge in [-0.3, -0.25) is 19.7 Å². The minimum Gasteiger partial charge on any atom is -0.340 e. The Balaban J connectivity index is 2.19. The van der Waals surface area contributed by atoms with Crippen LogP contribution in [0.4, 0.5) is 13.2 Å². The summed E-state index contributed by atoms with van der Waals surface area (Å²) >= 11 is 0. The molecule has 1 atom stereocenters. The van der Waals surface area contributed by atoms with Gasteiger partial charge in [-0.05, 0) is 12.1 Å². The first-order valence-corrected chi connectivity index (χ1v) is 5.18. The molecule has 1 heterocycles. The second-order valence-electron chi connectivity index (χ2n) is 3.87. The van der Waals surface area contributed by atoms with Crippen LogP contribution in [-0.2, 0) is 9.59 Å². The van der Waals surface area contributed by atoms with Crippen LogP contribution in [0, 0.1) is 17.5 Å². The number of hydrogen-bond acceptors (Lipinski definition) is 3. The number of rotatable bonds is 2. The van der Waals surface area contributed by atoms with Crippen molar-refractivity contribution in [2.75, 3.05) is 0 Å². The van der Waals surface area contributed by atoms with E-state index in [1.54, 1.807) is 0 Å². The molecule has 1 aliphatic rings. The van der Waals surface area contributed by atoms with Crippen molar-refractivity contribution < 1.29 is 27.6 Å². The van der Waals surface area contributed by atoms with E-state index in [4.69, 9.17) is 0 Å². The Kier molecular flexibility index (Phi) is 3.24. The number of imide groups is 1. The van der Waals surface area contributed by atoms with Crippen molar-refractivity contribution in [1.82, 2.24) is 10.6 Å². The van der Waals surface area contributed by atoms with Crippen LogP contribution in [-0.4, -0.2) is 23.8 Å². The first kappa shape index (κ1) is 13.1. The van der Waals surface area contributed by atoms with Crippen LogP contribution < -0.4 is 10.6 Å². The minimum atomic E-state index is -1.78. The molecule has 5 nitrogen and oxygen atoms in total. The van der Waals surface area contributed by atoms with Crippen LogP contribution in [0.5, 0.6) is 0 Å². The van der Waals surface area contributed by atoms with Crippen LogP contribution in [0.1, 0.15) is 16.8 Å². The highest BCUT2D eigenvalue weighted by Crippen LogP contribution is 2.15. The topological polar surface area (TPSA) is 75.3 Å². The van der Waals surface area contributed by atoms with Gasteiger partial charge in [0.15, 0.2) is 17.5 Å². The highest BCUT2D eigenvalue weighted by molar-refractivity contribution is 6.08. The molecule has 8 heteroatoms. The van der Waals surface area contributed by atoms with E-state index < -0.39 is 46.8 Å². The molecule has 1 unspecified atom stereocenters. The van der Waals surface area contributed by atoms with Gasteiger partial charge in [0.05, 0.1) is 12.0 Å². The average molecular weight is 272 g/mol. The maximum absolute atomic E-state index is 13.3. The molecule has 1 fully saturated rings. The summed E-state index contributed by atoms with van der Waals surface area (Å²) in [5, 5.41) is 4.00. The highest BCUT2D eigenvalue weighted by Gasteiger charge is 2.32. The molecular weight excluding hydrogens is 265 g/mol. The Bertz CT molecular complexity index is 589. The van der Waals surface area contributed by atoms with E-state index in [0.29, 0.717) is 6.07 Å². The average Bonchev–Trinajstić information content (AvgIpc) is 2.65. The molecular formula is C11H7F3N2O3. The quantitative estimate of drug-likeness (QED) is 0.598. The largest absolute Gasteiger partial charge is 0.340 e. The molecule has 100 valence electrons. The van der Waals surface area contributed by atoms with Gasteiger partial charge in [0.1, 0.15) is 6.04 Å².